The van der Waals surface area contributed by atoms with Crippen molar-refractivity contribution in [2.24, 2.45) is 5.92 Å². The number of hydrogen-bond donors (Lipinski definition) is 3. The molecule has 1 aromatic heterocycles. The van der Waals surface area contributed by atoms with Crippen molar-refractivity contribution in [1.29, 1.82) is 0 Å². The molecule has 3 amide bonds. The fourth-order valence-electron chi connectivity index (χ4n) is 4.65. The van der Waals surface area contributed by atoms with Gasteiger partial charge in [0, 0.05) is 35.7 Å². The molecule has 5 rings (SSSR count). The van der Waals surface area contributed by atoms with Gasteiger partial charge in [-0.1, -0.05) is 0 Å². The lowest BCUT2D eigenvalue weighted by Crippen LogP contribution is -2.44. The fraction of sp³-hybridized carbons (Fsp3) is 0.400. The van der Waals surface area contributed by atoms with Gasteiger partial charge in [0.25, 0.3) is 11.8 Å². The number of rotatable bonds is 5. The van der Waals surface area contributed by atoms with Crippen molar-refractivity contribution in [1.82, 2.24) is 15.4 Å². The van der Waals surface area contributed by atoms with Crippen LogP contribution in [0.15, 0.2) is 18.2 Å². The Kier molecular flexibility index (Phi) is 6.50. The van der Waals surface area contributed by atoms with E-state index in [1.807, 2.05) is 0 Å². The van der Waals surface area contributed by atoms with Crippen LogP contribution in [-0.2, 0) is 19.2 Å². The molecule has 2 fully saturated rings. The molecule has 3 aliphatic heterocycles. The van der Waals surface area contributed by atoms with E-state index in [2.05, 4.69) is 15.6 Å². The molecule has 36 heavy (non-hydrogen) atoms. The van der Waals surface area contributed by atoms with Crippen LogP contribution in [-0.4, -0.2) is 60.4 Å². The van der Waals surface area contributed by atoms with Crippen LogP contribution in [0.3, 0.4) is 0 Å². The van der Waals surface area contributed by atoms with E-state index < -0.39 is 18.0 Å². The summed E-state index contributed by atoms with van der Waals surface area (Å²) in [7, 11) is 0. The zero-order valence-corrected chi connectivity index (χ0v) is 20.0. The van der Waals surface area contributed by atoms with Crippen LogP contribution in [0.25, 0.3) is 11.6 Å². The smallest absolute Gasteiger partial charge is 0.408 e. The first-order chi connectivity index (χ1) is 17.3. The third-order valence-corrected chi connectivity index (χ3v) is 6.65. The molecule has 3 N–H and O–H groups in total. The number of carbonyl (C=O) groups excluding carboxylic acids is 3. The molecule has 0 saturated carbocycles. The lowest BCUT2D eigenvalue weighted by atomic mass is 10.0. The summed E-state index contributed by atoms with van der Waals surface area (Å²) >= 11 is 0. The van der Waals surface area contributed by atoms with Crippen molar-refractivity contribution in [3.63, 3.8) is 0 Å². The van der Waals surface area contributed by atoms with Gasteiger partial charge in [0.05, 0.1) is 17.8 Å². The summed E-state index contributed by atoms with van der Waals surface area (Å²) < 4.78 is 24.6. The normalized spacial score (nSPS) is 21.1. The van der Waals surface area contributed by atoms with Crippen LogP contribution < -0.4 is 15.4 Å². The van der Waals surface area contributed by atoms with Gasteiger partial charge in [0.1, 0.15) is 18.5 Å². The number of aryl methyl sites for hydroxylation is 1. The number of aromatic amines is 1. The number of amides is 3. The van der Waals surface area contributed by atoms with Gasteiger partial charge < -0.3 is 25.1 Å². The first-order valence-corrected chi connectivity index (χ1v) is 11.8. The molecule has 2 saturated heterocycles. The molecule has 0 unspecified atom stereocenters. The monoisotopic (exact) mass is 498 g/mol. The molecule has 10 nitrogen and oxygen atoms in total. The van der Waals surface area contributed by atoms with E-state index >= 15 is 0 Å². The average molecular weight is 499 g/mol. The van der Waals surface area contributed by atoms with E-state index in [4.69, 9.17) is 14.3 Å². The third-order valence-electron chi connectivity index (χ3n) is 6.65. The number of carbonyl (C=O) groups is 3. The maximum atomic E-state index is 13.7. The SMILES string of the molecule is Cc1[nH]c(/C=C2\C(=O)Nc3ccc(F)cc32)c(C)c1OC(=O)N[C@@H]1CON(CC2CCOCC2)C1=O. The summed E-state index contributed by atoms with van der Waals surface area (Å²) in [5.74, 6) is -0.538. The lowest BCUT2D eigenvalue weighted by Gasteiger charge is -2.25. The second kappa shape index (κ2) is 9.75. The number of benzene rings is 1. The Morgan fingerprint density at radius 2 is 2.06 bits per heavy atom. The maximum absolute atomic E-state index is 13.7. The highest BCUT2D eigenvalue weighted by molar-refractivity contribution is 6.34. The molecule has 4 heterocycles. The number of hydrogen-bond acceptors (Lipinski definition) is 6. The van der Waals surface area contributed by atoms with E-state index in [-0.39, 0.29) is 24.2 Å². The number of anilines is 1. The predicted molar refractivity (Wildman–Crippen MR) is 127 cm³/mol. The highest BCUT2D eigenvalue weighted by Crippen LogP contribution is 2.35. The van der Waals surface area contributed by atoms with Gasteiger partial charge in [-0.05, 0) is 56.9 Å². The Hall–Kier alpha value is -3.70. The van der Waals surface area contributed by atoms with Crippen molar-refractivity contribution >= 4 is 35.2 Å². The molecule has 2 aromatic rings. The molecular formula is C25H27FN4O6. The van der Waals surface area contributed by atoms with Crippen molar-refractivity contribution in [2.75, 3.05) is 31.7 Å². The quantitative estimate of drug-likeness (QED) is 0.545. The predicted octanol–water partition coefficient (Wildman–Crippen LogP) is 2.92. The highest BCUT2D eigenvalue weighted by Gasteiger charge is 2.36. The minimum Gasteiger partial charge on any atom is -0.408 e. The van der Waals surface area contributed by atoms with Crippen molar-refractivity contribution in [2.45, 2.75) is 32.7 Å². The van der Waals surface area contributed by atoms with Crippen LogP contribution in [0.1, 0.15) is 35.4 Å². The summed E-state index contributed by atoms with van der Waals surface area (Å²) in [6.45, 7) is 5.29. The second-order valence-electron chi connectivity index (χ2n) is 9.16. The Morgan fingerprint density at radius 1 is 1.28 bits per heavy atom. The number of nitrogens with zero attached hydrogens (tertiary/aromatic N) is 1. The summed E-state index contributed by atoms with van der Waals surface area (Å²) in [5, 5.41) is 6.59. The zero-order chi connectivity index (χ0) is 25.4. The zero-order valence-electron chi connectivity index (χ0n) is 20.0. The van der Waals surface area contributed by atoms with E-state index in [0.29, 0.717) is 59.5 Å². The largest absolute Gasteiger partial charge is 0.413 e. The molecule has 11 heteroatoms. The Labute approximate surface area is 206 Å². The van der Waals surface area contributed by atoms with Gasteiger partial charge in [0.15, 0.2) is 5.75 Å². The summed E-state index contributed by atoms with van der Waals surface area (Å²) in [6.07, 6.45) is 2.52. The van der Waals surface area contributed by atoms with Gasteiger partial charge in [-0.3, -0.25) is 14.4 Å². The first kappa shape index (κ1) is 24.0. The van der Waals surface area contributed by atoms with Crippen molar-refractivity contribution < 1.29 is 33.1 Å². The number of fused-ring (bicyclic) bond motifs is 1. The van der Waals surface area contributed by atoms with Crippen molar-refractivity contribution in [3.8, 4) is 5.75 Å². The number of ether oxygens (including phenoxy) is 2. The second-order valence-corrected chi connectivity index (χ2v) is 9.16. The molecule has 190 valence electrons. The molecule has 0 spiro atoms. The number of hydroxylamine groups is 2. The summed E-state index contributed by atoms with van der Waals surface area (Å²) in [6, 6.07) is 3.24. The number of nitrogens with one attached hydrogen (secondary N) is 3. The highest BCUT2D eigenvalue weighted by atomic mass is 19.1. The van der Waals surface area contributed by atoms with Crippen LogP contribution in [0.2, 0.25) is 0 Å². The van der Waals surface area contributed by atoms with E-state index in [1.54, 1.807) is 19.9 Å². The number of H-pyrrole nitrogens is 1. The van der Waals surface area contributed by atoms with Crippen LogP contribution in [0, 0.1) is 25.6 Å². The Morgan fingerprint density at radius 3 is 2.83 bits per heavy atom. The molecule has 1 aromatic carbocycles. The maximum Gasteiger partial charge on any atom is 0.413 e. The van der Waals surface area contributed by atoms with Gasteiger partial charge in [-0.2, -0.15) is 0 Å². The van der Waals surface area contributed by atoms with Gasteiger partial charge >= 0.3 is 6.09 Å². The van der Waals surface area contributed by atoms with Gasteiger partial charge in [0.2, 0.25) is 0 Å². The lowest BCUT2D eigenvalue weighted by molar-refractivity contribution is -0.166. The minimum absolute atomic E-state index is 0.0324. The van der Waals surface area contributed by atoms with E-state index in [0.717, 1.165) is 12.8 Å². The van der Waals surface area contributed by atoms with E-state index in [1.165, 1.54) is 23.3 Å². The Balaban J connectivity index is 1.25. The molecular weight excluding hydrogens is 471 g/mol. The van der Waals surface area contributed by atoms with Gasteiger partial charge in [-0.15, -0.1) is 0 Å². The third kappa shape index (κ3) is 4.71. The fourth-order valence-corrected chi connectivity index (χ4v) is 4.65. The molecule has 0 aliphatic carbocycles. The molecule has 0 radical (unpaired) electrons. The first-order valence-electron chi connectivity index (χ1n) is 11.8. The molecule has 3 aliphatic rings. The topological polar surface area (TPSA) is 122 Å². The number of halogens is 1. The average Bonchev–Trinajstić information content (AvgIpc) is 3.44. The summed E-state index contributed by atoms with van der Waals surface area (Å²) in [5.41, 5.74) is 2.96. The summed E-state index contributed by atoms with van der Waals surface area (Å²) in [4.78, 5) is 46.3. The van der Waals surface area contributed by atoms with Crippen molar-refractivity contribution in [3.05, 3.63) is 46.5 Å². The standard InChI is InChI=1S/C25H27FN4O6/c1-13-20(10-18-17-9-16(26)3-4-19(17)28-23(18)31)27-14(2)22(13)36-25(33)29-21-12-35-30(24(21)32)11-15-5-7-34-8-6-15/h3-4,9-10,15,21,27H,5-8,11-12H2,1-2H3,(H,28,31)(H,29,33)/b18-10-/t21-/m1/s1. The Bertz CT molecular complexity index is 1250. The van der Waals surface area contributed by atoms with Gasteiger partial charge in [-0.25, -0.2) is 14.2 Å². The molecule has 1 atom stereocenters. The van der Waals surface area contributed by atoms with E-state index in [9.17, 15) is 18.8 Å². The van der Waals surface area contributed by atoms with Crippen LogP contribution in [0.4, 0.5) is 14.9 Å². The number of aromatic nitrogens is 1. The minimum atomic E-state index is -0.841. The van der Waals surface area contributed by atoms with Crippen LogP contribution >= 0.6 is 0 Å². The van der Waals surface area contributed by atoms with Crippen LogP contribution in [0.5, 0.6) is 5.75 Å². The molecule has 0 bridgehead atoms.